The average molecular weight is 1070 g/mol. The molecule has 1 aliphatic carbocycles. The SMILES string of the molecule is CC1C(C)[N+](C)=C2c3cc4c(cc3C(C)(C)N21)-c1ccccc1C4(C)C.CC1C(C)[N+](C)=C2c3oc4ccccc4c3C(C)(C)N21.CC1C(C)[N+](C)=C2c3occc3C(C)(C)N21.CC1C(C)[N+](C)=C2c3sccc3C(C)(C)N21. The smallest absolute Gasteiger partial charge is 0.317 e. The second-order valence-corrected chi connectivity index (χ2v) is 28.0. The molecule has 0 fully saturated rings. The number of thiophene rings is 1. The van der Waals surface area contributed by atoms with E-state index in [-0.39, 0.29) is 27.6 Å². The van der Waals surface area contributed by atoms with Gasteiger partial charge in [-0.1, -0.05) is 56.3 Å². The van der Waals surface area contributed by atoms with Crippen LogP contribution in [0.1, 0.15) is 180 Å². The van der Waals surface area contributed by atoms with Gasteiger partial charge in [0.05, 0.1) is 51.1 Å². The van der Waals surface area contributed by atoms with E-state index in [0.29, 0.717) is 48.3 Å². The van der Waals surface area contributed by atoms with E-state index in [1.807, 2.05) is 17.4 Å². The summed E-state index contributed by atoms with van der Waals surface area (Å²) in [5, 5.41) is 3.47. The quantitative estimate of drug-likeness (QED) is 0.141. The maximum absolute atomic E-state index is 6.21. The molecule has 10 nitrogen and oxygen atoms in total. The van der Waals surface area contributed by atoms with Gasteiger partial charge in [0.15, 0.2) is 0 Å². The van der Waals surface area contributed by atoms with Crippen molar-refractivity contribution in [2.75, 3.05) is 28.2 Å². The Hall–Kier alpha value is -5.94. The highest BCUT2D eigenvalue weighted by atomic mass is 32.1. The fraction of sp³-hybridized carbons (Fsp3) is 0.522. The zero-order valence-electron chi connectivity index (χ0n) is 51.0. The summed E-state index contributed by atoms with van der Waals surface area (Å²) in [5.41, 5.74) is 14.1. The van der Waals surface area contributed by atoms with Gasteiger partial charge >= 0.3 is 11.7 Å². The van der Waals surface area contributed by atoms with E-state index in [2.05, 4.69) is 263 Å². The topological polar surface area (TPSA) is 51.3 Å². The molecule has 6 aromatic rings. The molecule has 78 heavy (non-hydrogen) atoms. The molecular weight excluding hydrogens is 981 g/mol. The Balaban J connectivity index is 0.000000106. The molecule has 0 amide bonds. The first-order valence-corrected chi connectivity index (χ1v) is 30.0. The molecule has 11 heteroatoms. The molecule has 3 aromatic heterocycles. The summed E-state index contributed by atoms with van der Waals surface area (Å²) >= 11 is 1.88. The third-order valence-electron chi connectivity index (χ3n) is 21.6. The second kappa shape index (κ2) is 17.0. The monoisotopic (exact) mass is 1070 g/mol. The van der Waals surface area contributed by atoms with Gasteiger partial charge < -0.3 is 8.83 Å². The first kappa shape index (κ1) is 52.7. The van der Waals surface area contributed by atoms with Crippen molar-refractivity contribution in [3.05, 3.63) is 140 Å². The van der Waals surface area contributed by atoms with E-state index < -0.39 is 0 Å². The van der Waals surface area contributed by atoms with Crippen LogP contribution in [0.15, 0.2) is 93.3 Å². The maximum atomic E-state index is 6.21. The fourth-order valence-electron chi connectivity index (χ4n) is 16.3. The standard InChI is InChI=1S/C24H29N2.C17H21N2O.C13H19N2O.C13H19N2S/c1-14-15(2)26-22(25(14)7)18-13-20-17(12-21(18)24(26,5)6)16-10-8-9-11-19(16)23(20,3)4;1-10-11(2)19-16(18(10)5)15-14(17(19,3)4)12-8-6-7-9-13(12)20-15;2*1-8-9(2)15-12(14(8)5)11-10(6-7-16-11)13(15,3)4/h8-15H,1-7H3;6-11H,1-5H3;2*6-9H,1-5H3/q4*+1. The Morgan fingerprint density at radius 1 is 0.436 bits per heavy atom. The Morgan fingerprint density at radius 2 is 0.910 bits per heavy atom. The van der Waals surface area contributed by atoms with Crippen molar-refractivity contribution in [1.82, 2.24) is 19.6 Å². The number of benzene rings is 3. The van der Waals surface area contributed by atoms with E-state index in [0.717, 1.165) is 17.1 Å². The van der Waals surface area contributed by atoms with Crippen molar-refractivity contribution in [1.29, 1.82) is 0 Å². The third-order valence-corrected chi connectivity index (χ3v) is 22.5. The Morgan fingerprint density at radius 3 is 1.54 bits per heavy atom. The normalized spacial score (nSPS) is 28.6. The number of amidine groups is 4. The van der Waals surface area contributed by atoms with Crippen molar-refractivity contribution in [3.8, 4) is 11.1 Å². The van der Waals surface area contributed by atoms with Crippen LogP contribution in [0.25, 0.3) is 22.1 Å². The van der Waals surface area contributed by atoms with Gasteiger partial charge in [-0.2, -0.15) is 0 Å². The van der Waals surface area contributed by atoms with Gasteiger partial charge in [0.1, 0.15) is 81.0 Å². The summed E-state index contributed by atoms with van der Waals surface area (Å²) < 4.78 is 21.5. The average Bonchev–Trinajstić information content (AvgIpc) is 4.48. The minimum atomic E-state index is -0.0181. The van der Waals surface area contributed by atoms with Crippen molar-refractivity contribution < 1.29 is 27.1 Å². The second-order valence-electron chi connectivity index (χ2n) is 27.1. The summed E-state index contributed by atoms with van der Waals surface area (Å²) in [5.74, 6) is 7.49. The highest BCUT2D eigenvalue weighted by Gasteiger charge is 2.62. The number of rotatable bonds is 0. The van der Waals surface area contributed by atoms with Crippen LogP contribution in [-0.2, 0) is 27.6 Å². The minimum Gasteiger partial charge on any atom is -0.456 e. The Bertz CT molecular complexity index is 3550. The highest BCUT2D eigenvalue weighted by Crippen LogP contribution is 2.54. The van der Waals surface area contributed by atoms with Crippen LogP contribution in [0, 0.1) is 0 Å². The molecule has 0 bridgehead atoms. The molecule has 0 saturated carbocycles. The molecule has 8 unspecified atom stereocenters. The van der Waals surface area contributed by atoms with Gasteiger partial charge in [0.2, 0.25) is 11.5 Å². The van der Waals surface area contributed by atoms with Crippen molar-refractivity contribution in [2.45, 2.75) is 201 Å². The molecule has 9 aliphatic rings. The number of furan rings is 2. The van der Waals surface area contributed by atoms with Crippen LogP contribution in [0.2, 0.25) is 0 Å². The summed E-state index contributed by atoms with van der Waals surface area (Å²) in [7, 11) is 8.81. The van der Waals surface area contributed by atoms with E-state index in [1.54, 1.807) is 6.26 Å². The predicted octanol–water partition coefficient (Wildman–Crippen LogP) is 12.4. The molecule has 8 atom stereocenters. The molecule has 0 N–H and O–H groups in total. The van der Waals surface area contributed by atoms with E-state index in [9.17, 15) is 0 Å². The number of fused-ring (bicyclic) bond motifs is 17. The summed E-state index contributed by atoms with van der Waals surface area (Å²) in [4.78, 5) is 11.7. The number of hydrogen-bond acceptors (Lipinski definition) is 7. The van der Waals surface area contributed by atoms with E-state index in [4.69, 9.17) is 8.83 Å². The molecular formula is C67H88N8O2S+4. The van der Waals surface area contributed by atoms with Crippen LogP contribution in [0.5, 0.6) is 0 Å². The molecule has 11 heterocycles. The zero-order chi connectivity index (χ0) is 56.2. The first-order valence-electron chi connectivity index (χ1n) is 29.1. The van der Waals surface area contributed by atoms with Gasteiger partial charge in [-0.15, -0.1) is 11.3 Å². The van der Waals surface area contributed by atoms with Crippen molar-refractivity contribution in [2.24, 2.45) is 0 Å². The van der Waals surface area contributed by atoms with Crippen LogP contribution in [-0.4, -0.2) is 138 Å². The van der Waals surface area contributed by atoms with Crippen LogP contribution in [0.4, 0.5) is 0 Å². The summed E-state index contributed by atoms with van der Waals surface area (Å²) in [6, 6.07) is 31.0. The molecule has 0 radical (unpaired) electrons. The first-order chi connectivity index (χ1) is 36.5. The number of hydrogen-bond donors (Lipinski definition) is 0. The summed E-state index contributed by atoms with van der Waals surface area (Å²) in [6.45, 7) is 41.9. The molecule has 15 rings (SSSR count). The number of nitrogens with zero attached hydrogens (tertiary/aromatic N) is 8. The molecule has 0 saturated heterocycles. The highest BCUT2D eigenvalue weighted by molar-refractivity contribution is 7.12. The van der Waals surface area contributed by atoms with Crippen molar-refractivity contribution >= 4 is 45.6 Å². The lowest BCUT2D eigenvalue weighted by atomic mass is 9.80. The van der Waals surface area contributed by atoms with E-state index >= 15 is 0 Å². The number of likely N-dealkylation sites (N-methyl/N-ethyl adjacent to an activating group) is 4. The van der Waals surface area contributed by atoms with Crippen LogP contribution >= 0.6 is 11.3 Å². The molecule has 0 spiro atoms. The fourth-order valence-corrected chi connectivity index (χ4v) is 17.4. The Kier molecular flexibility index (Phi) is 11.5. The van der Waals surface area contributed by atoms with Gasteiger partial charge in [0.25, 0.3) is 11.7 Å². The van der Waals surface area contributed by atoms with E-state index in [1.165, 1.54) is 83.7 Å². The lowest BCUT2D eigenvalue weighted by Gasteiger charge is -2.29. The summed E-state index contributed by atoms with van der Waals surface area (Å²) in [6.07, 6.45) is 1.80. The molecule has 8 aliphatic heterocycles. The number of para-hydroxylation sites is 1. The zero-order valence-corrected chi connectivity index (χ0v) is 51.8. The third kappa shape index (κ3) is 6.66. The van der Waals surface area contributed by atoms with Gasteiger partial charge in [-0.05, 0) is 169 Å². The predicted molar refractivity (Wildman–Crippen MR) is 320 cm³/mol. The van der Waals surface area contributed by atoms with Crippen molar-refractivity contribution in [3.63, 3.8) is 0 Å². The van der Waals surface area contributed by atoms with Gasteiger partial charge in [-0.25, -0.2) is 19.6 Å². The largest absolute Gasteiger partial charge is 0.456 e. The van der Waals surface area contributed by atoms with Gasteiger partial charge in [0, 0.05) is 21.9 Å². The van der Waals surface area contributed by atoms with Crippen LogP contribution in [0.3, 0.4) is 0 Å². The van der Waals surface area contributed by atoms with Gasteiger partial charge in [-0.3, -0.25) is 18.3 Å². The minimum absolute atomic E-state index is 0.0181. The Labute approximate surface area is 469 Å². The molecule has 3 aromatic carbocycles. The lowest BCUT2D eigenvalue weighted by Crippen LogP contribution is -2.44. The maximum Gasteiger partial charge on any atom is 0.317 e. The lowest BCUT2D eigenvalue weighted by molar-refractivity contribution is -0.526. The molecule has 410 valence electrons. The van der Waals surface area contributed by atoms with Crippen LogP contribution < -0.4 is 0 Å².